The SMILES string of the molecule is [C-]#[N+]CCOC(=O)O[C@@H]1[C@@H](CC)OC(n2cnc3c(NC(=O)c4ccccc4)ncnc32)[C@@H]1F. The van der Waals surface area contributed by atoms with Crippen LogP contribution in [-0.4, -0.2) is 63.1 Å². The molecule has 3 aromatic rings. The summed E-state index contributed by atoms with van der Waals surface area (Å²) in [5.74, 6) is -0.221. The van der Waals surface area contributed by atoms with Crippen LogP contribution in [0, 0.1) is 6.57 Å². The zero-order valence-corrected chi connectivity index (χ0v) is 18.1. The van der Waals surface area contributed by atoms with Gasteiger partial charge in [-0.3, -0.25) is 9.36 Å². The van der Waals surface area contributed by atoms with Gasteiger partial charge in [0.25, 0.3) is 5.91 Å². The Labute approximate surface area is 193 Å². The number of carbonyl (C=O) groups excluding carboxylic acids is 2. The maximum atomic E-state index is 15.4. The number of imidazole rings is 1. The fourth-order valence-corrected chi connectivity index (χ4v) is 3.61. The second kappa shape index (κ2) is 10.2. The van der Waals surface area contributed by atoms with E-state index in [0.29, 0.717) is 12.0 Å². The second-order valence-electron chi connectivity index (χ2n) is 7.35. The molecule has 1 N–H and O–H groups in total. The van der Waals surface area contributed by atoms with Crippen LogP contribution < -0.4 is 5.32 Å². The lowest BCUT2D eigenvalue weighted by Crippen LogP contribution is -2.34. The Hall–Kier alpha value is -4.11. The number of alkyl halides is 1. The Morgan fingerprint density at radius 3 is 2.79 bits per heavy atom. The van der Waals surface area contributed by atoms with Gasteiger partial charge in [0.2, 0.25) is 6.54 Å². The number of fused-ring (bicyclic) bond motifs is 1. The van der Waals surface area contributed by atoms with E-state index in [1.807, 2.05) is 0 Å². The average molecular weight is 468 g/mol. The number of nitrogens with zero attached hydrogens (tertiary/aromatic N) is 5. The second-order valence-corrected chi connectivity index (χ2v) is 7.35. The summed E-state index contributed by atoms with van der Waals surface area (Å²) in [6.45, 7) is 8.31. The van der Waals surface area contributed by atoms with Crippen molar-refractivity contribution in [1.82, 2.24) is 19.5 Å². The summed E-state index contributed by atoms with van der Waals surface area (Å²) in [6, 6.07) is 8.58. The van der Waals surface area contributed by atoms with Crippen molar-refractivity contribution >= 4 is 29.0 Å². The summed E-state index contributed by atoms with van der Waals surface area (Å²) >= 11 is 0. The van der Waals surface area contributed by atoms with Gasteiger partial charge in [0.05, 0.1) is 6.33 Å². The lowest BCUT2D eigenvalue weighted by atomic mass is 10.1. The first-order valence-electron chi connectivity index (χ1n) is 10.5. The zero-order chi connectivity index (χ0) is 24.1. The Morgan fingerprint density at radius 2 is 2.06 bits per heavy atom. The molecule has 12 heteroatoms. The molecule has 1 aliphatic rings. The monoisotopic (exact) mass is 468 g/mol. The van der Waals surface area contributed by atoms with E-state index < -0.39 is 30.8 Å². The Kier molecular flexibility index (Phi) is 6.93. The van der Waals surface area contributed by atoms with Crippen molar-refractivity contribution in [3.05, 3.63) is 60.0 Å². The van der Waals surface area contributed by atoms with Gasteiger partial charge in [-0.15, -0.1) is 0 Å². The highest BCUT2D eigenvalue weighted by molar-refractivity contribution is 6.06. The highest BCUT2D eigenvalue weighted by Crippen LogP contribution is 2.37. The van der Waals surface area contributed by atoms with Crippen LogP contribution >= 0.6 is 0 Å². The smallest absolute Gasteiger partial charge is 0.426 e. The van der Waals surface area contributed by atoms with E-state index in [2.05, 4.69) is 25.1 Å². The summed E-state index contributed by atoms with van der Waals surface area (Å²) in [5, 5.41) is 2.69. The maximum absolute atomic E-state index is 15.4. The van der Waals surface area contributed by atoms with E-state index in [9.17, 15) is 9.59 Å². The molecule has 1 amide bonds. The van der Waals surface area contributed by atoms with Gasteiger partial charge < -0.3 is 24.4 Å². The Morgan fingerprint density at radius 1 is 1.26 bits per heavy atom. The lowest BCUT2D eigenvalue weighted by Gasteiger charge is -2.17. The van der Waals surface area contributed by atoms with E-state index in [4.69, 9.17) is 20.8 Å². The summed E-state index contributed by atoms with van der Waals surface area (Å²) in [6.07, 6.45) is -3.01. The maximum Gasteiger partial charge on any atom is 0.509 e. The van der Waals surface area contributed by atoms with Crippen molar-refractivity contribution in [3.63, 3.8) is 0 Å². The largest absolute Gasteiger partial charge is 0.509 e. The molecule has 4 atom stereocenters. The number of carbonyl (C=O) groups is 2. The number of benzene rings is 1. The van der Waals surface area contributed by atoms with Crippen LogP contribution in [0.5, 0.6) is 0 Å². The number of halogens is 1. The number of hydrogen-bond acceptors (Lipinski definition) is 8. The van der Waals surface area contributed by atoms with Gasteiger partial charge in [0.15, 0.2) is 42.1 Å². The molecule has 0 spiro atoms. The third-order valence-corrected chi connectivity index (χ3v) is 5.23. The standard InChI is InChI=1S/C22H21FN6O5/c1-3-14-17(34-22(31)32-10-9-24-2)15(23)21(33-14)29-12-27-16-18(25-11-26-19(16)29)28-20(30)13-7-5-4-6-8-13/h4-8,11-12,14-15,17,21H,3,9-10H2,1H3,(H,25,26,28,30)/t14-,15-,17-,21?/m1/s1. The van der Waals surface area contributed by atoms with Crippen LogP contribution in [-0.2, 0) is 14.2 Å². The molecule has 0 saturated carbocycles. The molecular weight excluding hydrogens is 447 g/mol. The van der Waals surface area contributed by atoms with Crippen LogP contribution in [0.15, 0.2) is 43.0 Å². The number of nitrogens with one attached hydrogen (secondary N) is 1. The molecule has 1 fully saturated rings. The molecular formula is C22H21FN6O5. The molecule has 34 heavy (non-hydrogen) atoms. The van der Waals surface area contributed by atoms with Gasteiger partial charge in [-0.1, -0.05) is 25.1 Å². The van der Waals surface area contributed by atoms with Gasteiger partial charge in [-0.25, -0.2) is 30.7 Å². The molecule has 0 aliphatic carbocycles. The van der Waals surface area contributed by atoms with Gasteiger partial charge in [-0.2, -0.15) is 0 Å². The van der Waals surface area contributed by atoms with Gasteiger partial charge >= 0.3 is 6.16 Å². The minimum atomic E-state index is -1.74. The van der Waals surface area contributed by atoms with Crippen LogP contribution in [0.3, 0.4) is 0 Å². The van der Waals surface area contributed by atoms with E-state index in [1.165, 1.54) is 17.2 Å². The highest BCUT2D eigenvalue weighted by atomic mass is 19.1. The number of ether oxygens (including phenoxy) is 3. The molecule has 3 heterocycles. The van der Waals surface area contributed by atoms with Crippen LogP contribution in [0.2, 0.25) is 0 Å². The molecule has 0 bridgehead atoms. The number of anilines is 1. The quantitative estimate of drug-likeness (QED) is 0.319. The number of amides is 1. The Bertz CT molecular complexity index is 1210. The lowest BCUT2D eigenvalue weighted by molar-refractivity contribution is -0.0348. The van der Waals surface area contributed by atoms with Crippen molar-refractivity contribution in [3.8, 4) is 0 Å². The summed E-state index contributed by atoms with van der Waals surface area (Å²) in [5.41, 5.74) is 0.922. The van der Waals surface area contributed by atoms with E-state index in [1.54, 1.807) is 37.3 Å². The van der Waals surface area contributed by atoms with E-state index >= 15 is 4.39 Å². The van der Waals surface area contributed by atoms with E-state index in [0.717, 1.165) is 0 Å². The van der Waals surface area contributed by atoms with Crippen molar-refractivity contribution in [1.29, 1.82) is 0 Å². The molecule has 0 radical (unpaired) electrons. The number of hydrogen-bond donors (Lipinski definition) is 1. The molecule has 1 aliphatic heterocycles. The predicted molar refractivity (Wildman–Crippen MR) is 117 cm³/mol. The molecule has 1 unspecified atom stereocenters. The average Bonchev–Trinajstić information content (AvgIpc) is 3.41. The molecule has 176 valence electrons. The molecule has 4 rings (SSSR count). The third-order valence-electron chi connectivity index (χ3n) is 5.23. The minimum Gasteiger partial charge on any atom is -0.426 e. The first kappa shape index (κ1) is 23.1. The summed E-state index contributed by atoms with van der Waals surface area (Å²) in [4.78, 5) is 40.0. The van der Waals surface area contributed by atoms with Crippen molar-refractivity contribution in [2.45, 2.75) is 38.0 Å². The van der Waals surface area contributed by atoms with Crippen molar-refractivity contribution < 1.29 is 28.2 Å². The summed E-state index contributed by atoms with van der Waals surface area (Å²) < 4.78 is 32.5. The molecule has 1 aromatic carbocycles. The van der Waals surface area contributed by atoms with Crippen molar-refractivity contribution in [2.24, 2.45) is 0 Å². The first-order valence-corrected chi connectivity index (χ1v) is 10.5. The highest BCUT2D eigenvalue weighted by Gasteiger charge is 2.48. The fraction of sp³-hybridized carbons (Fsp3) is 0.364. The topological polar surface area (TPSA) is 122 Å². The molecule has 2 aromatic heterocycles. The zero-order valence-electron chi connectivity index (χ0n) is 18.1. The first-order chi connectivity index (χ1) is 16.5. The van der Waals surface area contributed by atoms with Gasteiger partial charge in [0.1, 0.15) is 12.4 Å². The van der Waals surface area contributed by atoms with Gasteiger partial charge in [0, 0.05) is 5.56 Å². The fourth-order valence-electron chi connectivity index (χ4n) is 3.61. The van der Waals surface area contributed by atoms with Crippen LogP contribution in [0.4, 0.5) is 15.0 Å². The van der Waals surface area contributed by atoms with Crippen LogP contribution in [0.25, 0.3) is 16.0 Å². The Balaban J connectivity index is 1.54. The predicted octanol–water partition coefficient (Wildman–Crippen LogP) is 3.17. The van der Waals surface area contributed by atoms with Gasteiger partial charge in [-0.05, 0) is 18.6 Å². The summed E-state index contributed by atoms with van der Waals surface area (Å²) in [7, 11) is 0. The molecule has 11 nitrogen and oxygen atoms in total. The number of aromatic nitrogens is 4. The normalized spacial score (nSPS) is 21.7. The molecule has 1 saturated heterocycles. The third kappa shape index (κ3) is 4.65. The minimum absolute atomic E-state index is 0.0149. The van der Waals surface area contributed by atoms with Crippen molar-refractivity contribution in [2.75, 3.05) is 18.5 Å². The van der Waals surface area contributed by atoms with E-state index in [-0.39, 0.29) is 36.0 Å². The number of rotatable bonds is 7. The van der Waals surface area contributed by atoms with Crippen LogP contribution in [0.1, 0.15) is 29.9 Å².